The van der Waals surface area contributed by atoms with Gasteiger partial charge in [-0.2, -0.15) is 5.10 Å². The van der Waals surface area contributed by atoms with Gasteiger partial charge in [0.1, 0.15) is 5.76 Å². The fraction of sp³-hybridized carbons (Fsp3) is 0.176. The van der Waals surface area contributed by atoms with E-state index in [1.165, 1.54) is 0 Å². The van der Waals surface area contributed by atoms with E-state index in [1.807, 2.05) is 54.1 Å². The molecular weight excluding hydrogens is 344 g/mol. The maximum absolute atomic E-state index is 6.03. The second-order valence-corrected chi connectivity index (χ2v) is 6.19. The van der Waals surface area contributed by atoms with Crippen LogP contribution in [0.5, 0.6) is 0 Å². The minimum atomic E-state index is 0.499. The summed E-state index contributed by atoms with van der Waals surface area (Å²) in [6.45, 7) is 3.18. The molecule has 24 heavy (non-hydrogen) atoms. The standard InChI is InChI=1S/C17H17ClN4OS/c1-12-8-16(20-17(24)19-10-15-6-3-7-23-15)21-22(12)11-13-4-2-5-14(18)9-13/h2-9H,10-11H2,1H3,(H2,19,20,21,24). The summed E-state index contributed by atoms with van der Waals surface area (Å²) in [7, 11) is 0. The lowest BCUT2D eigenvalue weighted by Gasteiger charge is -2.07. The molecule has 0 radical (unpaired) electrons. The van der Waals surface area contributed by atoms with E-state index in [-0.39, 0.29) is 0 Å². The Kier molecular flexibility index (Phi) is 5.17. The molecule has 3 aromatic rings. The van der Waals surface area contributed by atoms with E-state index in [4.69, 9.17) is 28.2 Å². The molecule has 0 amide bonds. The molecule has 0 saturated carbocycles. The zero-order valence-corrected chi connectivity index (χ0v) is 14.7. The van der Waals surface area contributed by atoms with Crippen molar-refractivity contribution in [1.29, 1.82) is 0 Å². The number of anilines is 1. The maximum atomic E-state index is 6.03. The first-order valence-electron chi connectivity index (χ1n) is 7.46. The summed E-state index contributed by atoms with van der Waals surface area (Å²) >= 11 is 11.3. The average molecular weight is 361 g/mol. The van der Waals surface area contributed by atoms with E-state index in [9.17, 15) is 0 Å². The van der Waals surface area contributed by atoms with Crippen LogP contribution in [-0.2, 0) is 13.1 Å². The third-order valence-electron chi connectivity index (χ3n) is 3.45. The first-order valence-corrected chi connectivity index (χ1v) is 8.25. The van der Waals surface area contributed by atoms with Crippen molar-refractivity contribution >= 4 is 34.7 Å². The highest BCUT2D eigenvalue weighted by Crippen LogP contribution is 2.14. The van der Waals surface area contributed by atoms with Crippen LogP contribution >= 0.6 is 23.8 Å². The van der Waals surface area contributed by atoms with E-state index in [2.05, 4.69) is 15.7 Å². The molecule has 0 aliphatic heterocycles. The van der Waals surface area contributed by atoms with E-state index in [0.29, 0.717) is 24.0 Å². The van der Waals surface area contributed by atoms with Crippen LogP contribution in [0.25, 0.3) is 0 Å². The Labute approximate surface area is 150 Å². The van der Waals surface area contributed by atoms with Crippen molar-refractivity contribution in [2.45, 2.75) is 20.0 Å². The van der Waals surface area contributed by atoms with Crippen LogP contribution in [0.1, 0.15) is 17.0 Å². The number of halogens is 1. The van der Waals surface area contributed by atoms with Gasteiger partial charge in [0.15, 0.2) is 10.9 Å². The quantitative estimate of drug-likeness (QED) is 0.674. The van der Waals surface area contributed by atoms with Crippen LogP contribution in [0, 0.1) is 6.92 Å². The molecule has 2 aromatic heterocycles. The van der Waals surface area contributed by atoms with Gasteiger partial charge < -0.3 is 15.1 Å². The van der Waals surface area contributed by atoms with Gasteiger partial charge in [0, 0.05) is 16.8 Å². The SMILES string of the molecule is Cc1cc(NC(=S)NCc2ccco2)nn1Cc1cccc(Cl)c1. The van der Waals surface area contributed by atoms with Gasteiger partial charge in [0.2, 0.25) is 0 Å². The van der Waals surface area contributed by atoms with Crippen molar-refractivity contribution in [3.05, 3.63) is 70.8 Å². The minimum Gasteiger partial charge on any atom is -0.467 e. The third kappa shape index (κ3) is 4.37. The van der Waals surface area contributed by atoms with E-state index in [0.717, 1.165) is 22.0 Å². The number of hydrogen-bond acceptors (Lipinski definition) is 3. The largest absolute Gasteiger partial charge is 0.467 e. The van der Waals surface area contributed by atoms with Crippen LogP contribution in [0.15, 0.2) is 53.1 Å². The van der Waals surface area contributed by atoms with Crippen molar-refractivity contribution in [1.82, 2.24) is 15.1 Å². The van der Waals surface area contributed by atoms with Gasteiger partial charge in [-0.15, -0.1) is 0 Å². The summed E-state index contributed by atoms with van der Waals surface area (Å²) in [5.41, 5.74) is 2.13. The lowest BCUT2D eigenvalue weighted by molar-refractivity contribution is 0.503. The number of aromatic nitrogens is 2. The van der Waals surface area contributed by atoms with Crippen LogP contribution in [0.2, 0.25) is 5.02 Å². The maximum Gasteiger partial charge on any atom is 0.172 e. The highest BCUT2D eigenvalue weighted by atomic mass is 35.5. The van der Waals surface area contributed by atoms with Crippen molar-refractivity contribution in [2.24, 2.45) is 0 Å². The van der Waals surface area contributed by atoms with Gasteiger partial charge in [-0.25, -0.2) is 0 Å². The van der Waals surface area contributed by atoms with Gasteiger partial charge >= 0.3 is 0 Å². The van der Waals surface area contributed by atoms with Crippen LogP contribution < -0.4 is 10.6 Å². The van der Waals surface area contributed by atoms with Gasteiger partial charge in [0.25, 0.3) is 0 Å². The predicted molar refractivity (Wildman–Crippen MR) is 99.3 cm³/mol. The molecule has 2 heterocycles. The van der Waals surface area contributed by atoms with E-state index >= 15 is 0 Å². The van der Waals surface area contributed by atoms with Crippen LogP contribution in [0.4, 0.5) is 5.82 Å². The molecule has 0 aliphatic carbocycles. The first kappa shape index (κ1) is 16.5. The Hall–Kier alpha value is -2.31. The molecule has 0 spiro atoms. The zero-order valence-electron chi connectivity index (χ0n) is 13.1. The van der Waals surface area contributed by atoms with Gasteiger partial charge in [-0.1, -0.05) is 23.7 Å². The Bertz CT molecular complexity index is 829. The van der Waals surface area contributed by atoms with Gasteiger partial charge in [-0.3, -0.25) is 4.68 Å². The van der Waals surface area contributed by atoms with Gasteiger partial charge in [-0.05, 0) is 49.0 Å². The lowest BCUT2D eigenvalue weighted by Crippen LogP contribution is -2.27. The number of nitrogens with one attached hydrogen (secondary N) is 2. The molecule has 0 fully saturated rings. The summed E-state index contributed by atoms with van der Waals surface area (Å²) in [6.07, 6.45) is 1.63. The minimum absolute atomic E-state index is 0.499. The number of nitrogens with zero attached hydrogens (tertiary/aromatic N) is 2. The first-order chi connectivity index (χ1) is 11.6. The Morgan fingerprint density at radius 2 is 2.17 bits per heavy atom. The molecular formula is C17H17ClN4OS. The highest BCUT2D eigenvalue weighted by Gasteiger charge is 2.07. The molecule has 0 atom stereocenters. The summed E-state index contributed by atoms with van der Waals surface area (Å²) in [5.74, 6) is 1.52. The van der Waals surface area contributed by atoms with Crippen LogP contribution in [0.3, 0.4) is 0 Å². The molecule has 2 N–H and O–H groups in total. The molecule has 7 heteroatoms. The smallest absolute Gasteiger partial charge is 0.172 e. The lowest BCUT2D eigenvalue weighted by atomic mass is 10.2. The normalized spacial score (nSPS) is 10.6. The molecule has 0 bridgehead atoms. The predicted octanol–water partition coefficient (Wildman–Crippen LogP) is 3.97. The number of hydrogen-bond donors (Lipinski definition) is 2. The fourth-order valence-electron chi connectivity index (χ4n) is 2.28. The zero-order chi connectivity index (χ0) is 16.9. The number of rotatable bonds is 5. The average Bonchev–Trinajstić information content (AvgIpc) is 3.16. The summed E-state index contributed by atoms with van der Waals surface area (Å²) in [6, 6.07) is 13.4. The Balaban J connectivity index is 1.60. The molecule has 3 rings (SSSR count). The molecule has 0 aliphatic rings. The molecule has 5 nitrogen and oxygen atoms in total. The summed E-state index contributed by atoms with van der Waals surface area (Å²) in [5, 5.41) is 11.9. The van der Waals surface area contributed by atoms with Gasteiger partial charge in [0.05, 0.1) is 19.4 Å². The molecule has 1 aromatic carbocycles. The monoisotopic (exact) mass is 360 g/mol. The van der Waals surface area contributed by atoms with Crippen molar-refractivity contribution in [2.75, 3.05) is 5.32 Å². The molecule has 0 saturated heterocycles. The second kappa shape index (κ2) is 7.51. The summed E-state index contributed by atoms with van der Waals surface area (Å²) < 4.78 is 7.16. The second-order valence-electron chi connectivity index (χ2n) is 5.35. The molecule has 124 valence electrons. The topological polar surface area (TPSA) is 55.0 Å². The van der Waals surface area contributed by atoms with Crippen molar-refractivity contribution in [3.8, 4) is 0 Å². The Morgan fingerprint density at radius 3 is 2.92 bits per heavy atom. The number of furan rings is 1. The van der Waals surface area contributed by atoms with Crippen molar-refractivity contribution in [3.63, 3.8) is 0 Å². The third-order valence-corrected chi connectivity index (χ3v) is 3.93. The highest BCUT2D eigenvalue weighted by molar-refractivity contribution is 7.80. The van der Waals surface area contributed by atoms with Crippen molar-refractivity contribution < 1.29 is 4.42 Å². The Morgan fingerprint density at radius 1 is 1.29 bits per heavy atom. The van der Waals surface area contributed by atoms with E-state index in [1.54, 1.807) is 6.26 Å². The number of thiocarbonyl (C=S) groups is 1. The summed E-state index contributed by atoms with van der Waals surface area (Å²) in [4.78, 5) is 0. The fourth-order valence-corrected chi connectivity index (χ4v) is 2.67. The number of aryl methyl sites for hydroxylation is 1. The number of benzene rings is 1. The molecule has 0 unspecified atom stereocenters. The van der Waals surface area contributed by atoms with Crippen LogP contribution in [-0.4, -0.2) is 14.9 Å². The van der Waals surface area contributed by atoms with E-state index < -0.39 is 0 Å².